The molecule has 1 atom stereocenters. The molecule has 2 N–H and O–H groups in total. The second-order valence-corrected chi connectivity index (χ2v) is 5.39. The van der Waals surface area contributed by atoms with Gasteiger partial charge in [0.25, 0.3) is 0 Å². The predicted octanol–water partition coefficient (Wildman–Crippen LogP) is -0.406. The molecule has 6 heteroatoms. The van der Waals surface area contributed by atoms with Crippen molar-refractivity contribution in [3.8, 4) is 0 Å². The van der Waals surface area contributed by atoms with Crippen LogP contribution in [-0.2, 0) is 14.3 Å². The Hall–Kier alpha value is -0.690. The van der Waals surface area contributed by atoms with Gasteiger partial charge in [0, 0.05) is 52.3 Å². The van der Waals surface area contributed by atoms with Gasteiger partial charge in [-0.25, -0.2) is 0 Å². The van der Waals surface area contributed by atoms with Gasteiger partial charge in [-0.1, -0.05) is 0 Å². The van der Waals surface area contributed by atoms with Crippen molar-refractivity contribution < 1.29 is 14.3 Å². The molecular weight excluding hydrogens is 258 g/mol. The second kappa shape index (κ2) is 9.28. The molecule has 0 bridgehead atoms. The molecule has 0 aliphatic carbocycles. The number of nitrogens with one attached hydrogen (secondary N) is 2. The van der Waals surface area contributed by atoms with Crippen molar-refractivity contribution in [2.24, 2.45) is 0 Å². The fraction of sp³-hybridized carbons (Fsp3) is 0.929. The van der Waals surface area contributed by atoms with E-state index in [0.717, 1.165) is 71.9 Å². The summed E-state index contributed by atoms with van der Waals surface area (Å²) in [4.78, 5) is 14.0. The molecular formula is C14H27N3O3. The van der Waals surface area contributed by atoms with Crippen LogP contribution < -0.4 is 10.6 Å². The van der Waals surface area contributed by atoms with E-state index < -0.39 is 0 Å². The molecule has 2 saturated heterocycles. The number of carbonyl (C=O) groups is 1. The van der Waals surface area contributed by atoms with Gasteiger partial charge in [-0.2, -0.15) is 0 Å². The van der Waals surface area contributed by atoms with Gasteiger partial charge in [0.1, 0.15) is 0 Å². The van der Waals surface area contributed by atoms with Crippen molar-refractivity contribution in [2.45, 2.75) is 25.4 Å². The summed E-state index contributed by atoms with van der Waals surface area (Å²) < 4.78 is 10.8. The molecule has 0 saturated carbocycles. The van der Waals surface area contributed by atoms with Gasteiger partial charge >= 0.3 is 0 Å². The molecule has 116 valence electrons. The van der Waals surface area contributed by atoms with Gasteiger partial charge in [0.2, 0.25) is 5.91 Å². The van der Waals surface area contributed by atoms with Crippen LogP contribution in [0.2, 0.25) is 0 Å². The lowest BCUT2D eigenvalue weighted by molar-refractivity contribution is -0.121. The highest BCUT2D eigenvalue weighted by atomic mass is 16.5. The average Bonchev–Trinajstić information content (AvgIpc) is 2.98. The third-order valence-corrected chi connectivity index (χ3v) is 3.78. The van der Waals surface area contributed by atoms with Crippen LogP contribution in [0.15, 0.2) is 0 Å². The first-order valence-electron chi connectivity index (χ1n) is 7.74. The monoisotopic (exact) mass is 285 g/mol. The Bertz CT molecular complexity index is 277. The first kappa shape index (κ1) is 15.7. The van der Waals surface area contributed by atoms with Gasteiger partial charge in [0.15, 0.2) is 0 Å². The highest BCUT2D eigenvalue weighted by Gasteiger charge is 2.14. The molecule has 0 spiro atoms. The summed E-state index contributed by atoms with van der Waals surface area (Å²) in [5, 5.41) is 6.25. The maximum absolute atomic E-state index is 11.7. The van der Waals surface area contributed by atoms with E-state index in [1.54, 1.807) is 0 Å². The minimum Gasteiger partial charge on any atom is -0.379 e. The maximum atomic E-state index is 11.7. The zero-order valence-electron chi connectivity index (χ0n) is 12.2. The topological polar surface area (TPSA) is 62.8 Å². The van der Waals surface area contributed by atoms with Gasteiger partial charge in [-0.3, -0.25) is 9.69 Å². The minimum atomic E-state index is 0.123. The van der Waals surface area contributed by atoms with Crippen molar-refractivity contribution >= 4 is 5.91 Å². The third-order valence-electron chi connectivity index (χ3n) is 3.78. The zero-order chi connectivity index (χ0) is 14.0. The van der Waals surface area contributed by atoms with E-state index >= 15 is 0 Å². The van der Waals surface area contributed by atoms with E-state index in [9.17, 15) is 4.79 Å². The van der Waals surface area contributed by atoms with E-state index in [1.807, 2.05) is 0 Å². The van der Waals surface area contributed by atoms with Crippen molar-refractivity contribution in [1.29, 1.82) is 0 Å². The van der Waals surface area contributed by atoms with Crippen molar-refractivity contribution in [2.75, 3.05) is 59.1 Å². The SMILES string of the molecule is O=C(CCNCC1CCCO1)NCCN1CCOCC1. The first-order chi connectivity index (χ1) is 9.84. The van der Waals surface area contributed by atoms with Gasteiger partial charge in [0.05, 0.1) is 19.3 Å². The van der Waals surface area contributed by atoms with E-state index in [1.165, 1.54) is 0 Å². The van der Waals surface area contributed by atoms with Crippen LogP contribution >= 0.6 is 0 Å². The Labute approximate surface area is 121 Å². The van der Waals surface area contributed by atoms with Crippen molar-refractivity contribution in [1.82, 2.24) is 15.5 Å². The molecule has 0 aromatic carbocycles. The first-order valence-corrected chi connectivity index (χ1v) is 7.74. The second-order valence-electron chi connectivity index (χ2n) is 5.39. The molecule has 6 nitrogen and oxygen atoms in total. The maximum Gasteiger partial charge on any atom is 0.221 e. The van der Waals surface area contributed by atoms with Crippen LogP contribution in [0, 0.1) is 0 Å². The normalized spacial score (nSPS) is 23.9. The number of rotatable bonds is 8. The molecule has 2 fully saturated rings. The molecule has 2 aliphatic rings. The number of hydrogen-bond acceptors (Lipinski definition) is 5. The van der Waals surface area contributed by atoms with Gasteiger partial charge in [-0.15, -0.1) is 0 Å². The van der Waals surface area contributed by atoms with E-state index in [4.69, 9.17) is 9.47 Å². The molecule has 0 aromatic heterocycles. The van der Waals surface area contributed by atoms with Crippen molar-refractivity contribution in [3.05, 3.63) is 0 Å². The van der Waals surface area contributed by atoms with E-state index in [0.29, 0.717) is 12.5 Å². The molecule has 1 amide bonds. The Morgan fingerprint density at radius 1 is 1.20 bits per heavy atom. The minimum absolute atomic E-state index is 0.123. The summed E-state index contributed by atoms with van der Waals surface area (Å²) in [6, 6.07) is 0. The number of ether oxygens (including phenoxy) is 2. The molecule has 20 heavy (non-hydrogen) atoms. The highest BCUT2D eigenvalue weighted by molar-refractivity contribution is 5.76. The fourth-order valence-corrected chi connectivity index (χ4v) is 2.54. The van der Waals surface area contributed by atoms with Crippen LogP contribution in [0.1, 0.15) is 19.3 Å². The quantitative estimate of drug-likeness (QED) is 0.594. The number of amides is 1. The molecule has 1 unspecified atom stereocenters. The number of nitrogens with zero attached hydrogens (tertiary/aromatic N) is 1. The van der Waals surface area contributed by atoms with Crippen LogP contribution in [0.4, 0.5) is 0 Å². The summed E-state index contributed by atoms with van der Waals surface area (Å²) >= 11 is 0. The van der Waals surface area contributed by atoms with E-state index in [2.05, 4.69) is 15.5 Å². The fourth-order valence-electron chi connectivity index (χ4n) is 2.54. The third kappa shape index (κ3) is 6.17. The Morgan fingerprint density at radius 2 is 2.05 bits per heavy atom. The molecule has 2 rings (SSSR count). The predicted molar refractivity (Wildman–Crippen MR) is 76.7 cm³/mol. The molecule has 2 heterocycles. The zero-order valence-corrected chi connectivity index (χ0v) is 12.2. The lowest BCUT2D eigenvalue weighted by atomic mass is 10.2. The summed E-state index contributed by atoms with van der Waals surface area (Å²) in [7, 11) is 0. The van der Waals surface area contributed by atoms with Gasteiger partial charge < -0.3 is 20.1 Å². The summed E-state index contributed by atoms with van der Waals surface area (Å²) in [6.07, 6.45) is 3.18. The average molecular weight is 285 g/mol. The number of hydrogen-bond donors (Lipinski definition) is 2. The number of morpholine rings is 1. The standard InChI is InChI=1S/C14H27N3O3/c18-14(3-4-15-12-13-2-1-9-20-13)16-5-6-17-7-10-19-11-8-17/h13,15H,1-12H2,(H,16,18). The lowest BCUT2D eigenvalue weighted by Crippen LogP contribution is -2.41. The summed E-state index contributed by atoms with van der Waals surface area (Å²) in [5.41, 5.74) is 0. The Balaban J connectivity index is 1.41. The highest BCUT2D eigenvalue weighted by Crippen LogP contribution is 2.10. The molecule has 2 aliphatic heterocycles. The summed E-state index contributed by atoms with van der Waals surface area (Å²) in [6.45, 7) is 7.67. The van der Waals surface area contributed by atoms with Crippen LogP contribution in [0.3, 0.4) is 0 Å². The molecule has 0 radical (unpaired) electrons. The Morgan fingerprint density at radius 3 is 2.80 bits per heavy atom. The smallest absolute Gasteiger partial charge is 0.221 e. The molecule has 0 aromatic rings. The van der Waals surface area contributed by atoms with Gasteiger partial charge in [-0.05, 0) is 12.8 Å². The largest absolute Gasteiger partial charge is 0.379 e. The van der Waals surface area contributed by atoms with Crippen LogP contribution in [-0.4, -0.2) is 76.0 Å². The van der Waals surface area contributed by atoms with E-state index in [-0.39, 0.29) is 5.91 Å². The van der Waals surface area contributed by atoms with Crippen LogP contribution in [0.5, 0.6) is 0 Å². The lowest BCUT2D eigenvalue weighted by Gasteiger charge is -2.26. The van der Waals surface area contributed by atoms with Crippen molar-refractivity contribution in [3.63, 3.8) is 0 Å². The van der Waals surface area contributed by atoms with Crippen LogP contribution in [0.25, 0.3) is 0 Å². The summed E-state index contributed by atoms with van der Waals surface area (Å²) in [5.74, 6) is 0.123. The number of carbonyl (C=O) groups excluding carboxylic acids is 1. The Kier molecular flexibility index (Phi) is 7.28.